The van der Waals surface area contributed by atoms with Crippen LogP contribution in [0, 0.1) is 5.41 Å². The van der Waals surface area contributed by atoms with E-state index in [0.717, 1.165) is 24.2 Å². The van der Waals surface area contributed by atoms with Crippen LogP contribution in [0.1, 0.15) is 30.1 Å². The SMILES string of the molecule is CC1(CNS(=O)(=O)c2cc(C(=O)O)cs2)CC1. The Balaban J connectivity index is 2.10. The van der Waals surface area contributed by atoms with Gasteiger partial charge in [0, 0.05) is 11.9 Å². The number of rotatable bonds is 5. The van der Waals surface area contributed by atoms with Gasteiger partial charge in [-0.05, 0) is 24.3 Å². The second-order valence-corrected chi connectivity index (χ2v) is 7.50. The summed E-state index contributed by atoms with van der Waals surface area (Å²) >= 11 is 0.925. The molecule has 0 saturated heterocycles. The van der Waals surface area contributed by atoms with Crippen LogP contribution in [0.25, 0.3) is 0 Å². The summed E-state index contributed by atoms with van der Waals surface area (Å²) in [7, 11) is -3.56. The molecule has 2 rings (SSSR count). The Kier molecular flexibility index (Phi) is 3.01. The maximum atomic E-state index is 11.8. The van der Waals surface area contributed by atoms with Crippen LogP contribution in [-0.4, -0.2) is 26.0 Å². The number of carbonyl (C=O) groups is 1. The van der Waals surface area contributed by atoms with Crippen LogP contribution in [0.4, 0.5) is 0 Å². The van der Waals surface area contributed by atoms with Gasteiger partial charge in [-0.25, -0.2) is 17.9 Å². The van der Waals surface area contributed by atoms with Crippen molar-refractivity contribution in [3.05, 3.63) is 17.0 Å². The fraction of sp³-hybridized carbons (Fsp3) is 0.500. The lowest BCUT2D eigenvalue weighted by molar-refractivity contribution is 0.0697. The molecule has 1 heterocycles. The summed E-state index contributed by atoms with van der Waals surface area (Å²) in [5, 5.41) is 10.1. The second-order valence-electron chi connectivity index (χ2n) is 4.59. The average Bonchev–Trinajstić information content (AvgIpc) is 2.81. The van der Waals surface area contributed by atoms with Gasteiger partial charge in [0.1, 0.15) is 4.21 Å². The minimum absolute atomic E-state index is 0.00742. The first-order valence-electron chi connectivity index (χ1n) is 5.14. The third-order valence-electron chi connectivity index (χ3n) is 2.88. The maximum absolute atomic E-state index is 11.8. The van der Waals surface area contributed by atoms with Crippen LogP contribution >= 0.6 is 11.3 Å². The summed E-state index contributed by atoms with van der Waals surface area (Å²) in [6.07, 6.45) is 2.06. The van der Waals surface area contributed by atoms with Gasteiger partial charge in [-0.15, -0.1) is 11.3 Å². The van der Waals surface area contributed by atoms with Gasteiger partial charge in [0.05, 0.1) is 5.56 Å². The Labute approximate surface area is 104 Å². The highest BCUT2D eigenvalue weighted by atomic mass is 32.2. The Hall–Kier alpha value is -0.920. The number of hydrogen-bond acceptors (Lipinski definition) is 4. The molecule has 1 aliphatic carbocycles. The summed E-state index contributed by atoms with van der Waals surface area (Å²) in [5.74, 6) is -1.11. The van der Waals surface area contributed by atoms with Crippen LogP contribution in [0.15, 0.2) is 15.7 Å². The molecule has 0 bridgehead atoms. The van der Waals surface area contributed by atoms with Crippen LogP contribution in [0.5, 0.6) is 0 Å². The molecule has 0 amide bonds. The van der Waals surface area contributed by atoms with Crippen molar-refractivity contribution < 1.29 is 18.3 Å². The van der Waals surface area contributed by atoms with Crippen molar-refractivity contribution in [1.82, 2.24) is 4.72 Å². The number of aromatic carboxylic acids is 1. The molecule has 0 radical (unpaired) electrons. The van der Waals surface area contributed by atoms with Crippen LogP contribution < -0.4 is 4.72 Å². The predicted molar refractivity (Wildman–Crippen MR) is 63.8 cm³/mol. The van der Waals surface area contributed by atoms with Crippen LogP contribution in [0.2, 0.25) is 0 Å². The lowest BCUT2D eigenvalue weighted by atomic mass is 10.2. The van der Waals surface area contributed by atoms with E-state index in [9.17, 15) is 13.2 Å². The molecule has 1 saturated carbocycles. The van der Waals surface area contributed by atoms with Crippen LogP contribution in [0.3, 0.4) is 0 Å². The quantitative estimate of drug-likeness (QED) is 0.853. The van der Waals surface area contributed by atoms with Crippen molar-refractivity contribution in [2.45, 2.75) is 24.0 Å². The first-order chi connectivity index (χ1) is 7.82. The van der Waals surface area contributed by atoms with E-state index in [2.05, 4.69) is 4.72 Å². The standard InChI is InChI=1S/C10H13NO4S2/c1-10(2-3-10)6-11-17(14,15)8-4-7(5-16-8)9(12)13/h4-5,11H,2-3,6H2,1H3,(H,12,13). The summed E-state index contributed by atoms with van der Waals surface area (Å²) in [4.78, 5) is 10.7. The molecule has 0 unspecified atom stereocenters. The molecule has 1 aromatic heterocycles. The third kappa shape index (κ3) is 2.85. The number of carboxylic acid groups (broad SMARTS) is 1. The number of thiophene rings is 1. The van der Waals surface area contributed by atoms with Gasteiger partial charge < -0.3 is 5.11 Å². The first kappa shape index (κ1) is 12.5. The largest absolute Gasteiger partial charge is 0.478 e. The van der Waals surface area contributed by atoms with Gasteiger partial charge in [-0.2, -0.15) is 0 Å². The van der Waals surface area contributed by atoms with Crippen LogP contribution in [-0.2, 0) is 10.0 Å². The second kappa shape index (κ2) is 4.08. The van der Waals surface area contributed by atoms with Gasteiger partial charge in [0.15, 0.2) is 0 Å². The van der Waals surface area contributed by atoms with E-state index in [1.807, 2.05) is 6.92 Å². The lowest BCUT2D eigenvalue weighted by Crippen LogP contribution is -2.28. The van der Waals surface area contributed by atoms with Crippen molar-refractivity contribution in [2.75, 3.05) is 6.54 Å². The summed E-state index contributed by atoms with van der Waals surface area (Å²) < 4.78 is 26.3. The van der Waals surface area contributed by atoms with Gasteiger partial charge >= 0.3 is 5.97 Å². The predicted octanol–water partition coefficient (Wildman–Crippen LogP) is 1.52. The fourth-order valence-corrected chi connectivity index (χ4v) is 3.70. The molecule has 1 aliphatic rings. The smallest absolute Gasteiger partial charge is 0.336 e. The molecule has 0 aliphatic heterocycles. The summed E-state index contributed by atoms with van der Waals surface area (Å²) in [6, 6.07) is 1.19. The average molecular weight is 275 g/mol. The Morgan fingerprint density at radius 2 is 2.24 bits per heavy atom. The van der Waals surface area contributed by atoms with E-state index in [1.165, 1.54) is 11.4 Å². The van der Waals surface area contributed by atoms with E-state index in [4.69, 9.17) is 5.11 Å². The number of sulfonamides is 1. The Morgan fingerprint density at radius 3 is 2.71 bits per heavy atom. The molecule has 7 heteroatoms. The number of hydrogen-bond donors (Lipinski definition) is 2. The normalized spacial score (nSPS) is 17.9. The Bertz CT molecular complexity index is 542. The molecule has 94 valence electrons. The number of carboxylic acids is 1. The highest BCUT2D eigenvalue weighted by Crippen LogP contribution is 2.44. The van der Waals surface area contributed by atoms with Gasteiger partial charge in [-0.1, -0.05) is 6.92 Å². The van der Waals surface area contributed by atoms with E-state index in [0.29, 0.717) is 6.54 Å². The van der Waals surface area contributed by atoms with E-state index < -0.39 is 16.0 Å². The van der Waals surface area contributed by atoms with Crippen molar-refractivity contribution in [3.63, 3.8) is 0 Å². The van der Waals surface area contributed by atoms with Crippen molar-refractivity contribution in [2.24, 2.45) is 5.41 Å². The minimum atomic E-state index is -3.56. The van der Waals surface area contributed by atoms with E-state index in [1.54, 1.807) is 0 Å². The van der Waals surface area contributed by atoms with E-state index >= 15 is 0 Å². The molecule has 0 spiro atoms. The topological polar surface area (TPSA) is 83.5 Å². The van der Waals surface area contributed by atoms with Crippen molar-refractivity contribution in [1.29, 1.82) is 0 Å². The molecule has 2 N–H and O–H groups in total. The summed E-state index contributed by atoms with van der Waals surface area (Å²) in [5.41, 5.74) is 0.0907. The molecule has 5 nitrogen and oxygen atoms in total. The van der Waals surface area contributed by atoms with Gasteiger partial charge in [0.2, 0.25) is 10.0 Å². The molecular formula is C10H13NO4S2. The zero-order valence-electron chi connectivity index (χ0n) is 9.26. The van der Waals surface area contributed by atoms with Gasteiger partial charge in [0.25, 0.3) is 0 Å². The minimum Gasteiger partial charge on any atom is -0.478 e. The maximum Gasteiger partial charge on any atom is 0.336 e. The molecular weight excluding hydrogens is 262 g/mol. The first-order valence-corrected chi connectivity index (χ1v) is 7.50. The molecule has 17 heavy (non-hydrogen) atoms. The Morgan fingerprint density at radius 1 is 1.59 bits per heavy atom. The third-order valence-corrected chi connectivity index (χ3v) is 5.72. The fourth-order valence-electron chi connectivity index (χ4n) is 1.30. The molecule has 0 aromatic carbocycles. The molecule has 1 fully saturated rings. The molecule has 1 aromatic rings. The monoisotopic (exact) mass is 275 g/mol. The summed E-state index contributed by atoms with van der Waals surface area (Å²) in [6.45, 7) is 2.43. The lowest BCUT2D eigenvalue weighted by Gasteiger charge is -2.09. The zero-order valence-corrected chi connectivity index (χ0v) is 10.9. The van der Waals surface area contributed by atoms with Crippen molar-refractivity contribution >= 4 is 27.3 Å². The molecule has 0 atom stereocenters. The van der Waals surface area contributed by atoms with E-state index in [-0.39, 0.29) is 15.2 Å². The number of nitrogens with one attached hydrogen (secondary N) is 1. The highest BCUT2D eigenvalue weighted by Gasteiger charge is 2.38. The highest BCUT2D eigenvalue weighted by molar-refractivity contribution is 7.91. The van der Waals surface area contributed by atoms with Gasteiger partial charge in [-0.3, -0.25) is 0 Å². The zero-order chi connectivity index (χ0) is 12.7. The van der Waals surface area contributed by atoms with Crippen molar-refractivity contribution in [3.8, 4) is 0 Å².